The van der Waals surface area contributed by atoms with Crippen LogP contribution in [0.25, 0.3) is 115 Å². The zero-order valence-electron chi connectivity index (χ0n) is 71.2. The van der Waals surface area contributed by atoms with Crippen molar-refractivity contribution in [2.24, 2.45) is 0 Å². The highest BCUT2D eigenvalue weighted by atomic mass is 15.2. The van der Waals surface area contributed by atoms with Crippen molar-refractivity contribution in [2.45, 2.75) is 110 Å². The molecule has 0 bridgehead atoms. The predicted octanol–water partition coefficient (Wildman–Crippen LogP) is 28.6. The van der Waals surface area contributed by atoms with Gasteiger partial charge in [0.05, 0.1) is 57.1 Å². The fourth-order valence-electron chi connectivity index (χ4n) is 20.3. The summed E-state index contributed by atoms with van der Waals surface area (Å²) in [5, 5.41) is 15.0. The summed E-state index contributed by atoms with van der Waals surface area (Å²) >= 11 is 0. The molecule has 0 N–H and O–H groups in total. The molecule has 0 amide bonds. The lowest BCUT2D eigenvalue weighted by Crippen LogP contribution is -2.61. The fraction of sp³-hybridized carbons (Fsp3) is 0.148. The summed E-state index contributed by atoms with van der Waals surface area (Å²) in [7, 11) is 0. The van der Waals surface area contributed by atoms with Crippen LogP contribution in [0.15, 0.2) is 346 Å². The van der Waals surface area contributed by atoms with Crippen molar-refractivity contribution in [3.63, 3.8) is 0 Å². The molecule has 4 heterocycles. The number of hydrogen-bond donors (Lipinski definition) is 0. The SMILES string of the molecule is [C-]#[N+]c1ccc2c(c1)c1cc(C(C)(C)C)ccc1n2-c1ccc2c(c1)N(c1c(-c3ccccc3)cc(C(C)(C)C)cc1-c1ccccc1)c1cc(C3(c4ccccc4)c4ccccc4-c4ccccc43)cc3c1B2c1ccc(-n2c4ccc(C#N)cc4c4cc(C(C)(C)C)ccc42)cc1N3c1c(-c2ccccc2)cc(C(C)(C)C)cc1-c1ccccc1. The minimum absolute atomic E-state index is 0.148. The van der Waals surface area contributed by atoms with Crippen LogP contribution < -0.4 is 26.2 Å². The first-order chi connectivity index (χ1) is 59.0. The molecule has 7 heteroatoms. The Bertz CT molecular complexity index is 6900. The van der Waals surface area contributed by atoms with E-state index in [2.05, 4.69) is 447 Å². The van der Waals surface area contributed by atoms with E-state index in [0.29, 0.717) is 11.3 Å². The Labute approximate surface area is 716 Å². The molecule has 3 aliphatic rings. The number of fused-ring (bicyclic) bond motifs is 13. The first-order valence-corrected chi connectivity index (χ1v) is 42.8. The standard InChI is InChI=1S/C115H93BN6/c1-111(2,3)78-48-56-101-93(60-78)92-59-72(71-117)47-55-100(92)119(101)84-51-53-98-104(69-84)121(109-88(73-33-19-14-20-34-73)62-80(113(7,8)9)63-89(109)74-35-21-15-22-36-74)106-66-82(115(77-41-27-18-28-42-77)96-45-31-29-43-86(96)87-44-30-32-46-97(87)115)67-107-108(106)116(98)99-54-52-85(120-102-57-49-79(112(4,5)6)61-94(102)95-68-83(118-13)50-58-103(95)120)70-105(99)122(107)110-90(75-37-23-16-24-38-75)64-81(114(10,11)12)65-91(110)76-39-25-17-26-40-76/h14-70H,1-12H3. The van der Waals surface area contributed by atoms with Gasteiger partial charge in [-0.15, -0.1) is 0 Å². The van der Waals surface area contributed by atoms with Crippen molar-refractivity contribution >= 4 is 107 Å². The smallest absolute Gasteiger partial charge is 0.252 e. The highest BCUT2D eigenvalue weighted by molar-refractivity contribution is 7.00. The van der Waals surface area contributed by atoms with Crippen LogP contribution in [-0.4, -0.2) is 15.8 Å². The third-order valence-electron chi connectivity index (χ3n) is 26.4. The first-order valence-electron chi connectivity index (χ1n) is 42.8. The Morgan fingerprint density at radius 3 is 1.05 bits per heavy atom. The summed E-state index contributed by atoms with van der Waals surface area (Å²) in [4.78, 5) is 9.55. The lowest BCUT2D eigenvalue weighted by Gasteiger charge is -2.47. The Hall–Kier alpha value is -14.2. The number of anilines is 6. The Kier molecular flexibility index (Phi) is 17.2. The normalized spacial score (nSPS) is 13.4. The number of nitriles is 1. The topological polar surface area (TPSA) is 44.5 Å². The van der Waals surface area contributed by atoms with E-state index < -0.39 is 12.1 Å². The molecule has 0 saturated carbocycles. The van der Waals surface area contributed by atoms with Crippen molar-refractivity contribution in [3.8, 4) is 73.1 Å². The van der Waals surface area contributed by atoms with Crippen molar-refractivity contribution in [3.05, 3.63) is 407 Å². The van der Waals surface area contributed by atoms with Crippen molar-refractivity contribution < 1.29 is 0 Å². The van der Waals surface area contributed by atoms with E-state index in [1.165, 1.54) is 50.0 Å². The minimum atomic E-state index is -0.922. The zero-order chi connectivity index (χ0) is 83.6. The monoisotopic (exact) mass is 1570 g/mol. The quantitative estimate of drug-likeness (QED) is 0.101. The molecule has 6 nitrogen and oxygen atoms in total. The minimum Gasteiger partial charge on any atom is -0.310 e. The Morgan fingerprint density at radius 2 is 0.664 bits per heavy atom. The van der Waals surface area contributed by atoms with Gasteiger partial charge in [-0.3, -0.25) is 0 Å². The van der Waals surface area contributed by atoms with Gasteiger partial charge in [-0.1, -0.05) is 314 Å². The van der Waals surface area contributed by atoms with E-state index in [0.717, 1.165) is 156 Å². The van der Waals surface area contributed by atoms with E-state index in [-0.39, 0.29) is 21.7 Å². The van der Waals surface area contributed by atoms with E-state index in [1.807, 2.05) is 12.1 Å². The molecule has 1 aliphatic carbocycles. The third kappa shape index (κ3) is 11.8. The van der Waals surface area contributed by atoms with E-state index in [9.17, 15) is 5.26 Å². The highest BCUT2D eigenvalue weighted by Gasteiger charge is 2.51. The second-order valence-corrected chi connectivity index (χ2v) is 37.8. The lowest BCUT2D eigenvalue weighted by molar-refractivity contribution is 0.590. The van der Waals surface area contributed by atoms with Gasteiger partial charge >= 0.3 is 0 Å². The van der Waals surface area contributed by atoms with Gasteiger partial charge in [0.15, 0.2) is 5.69 Å². The zero-order valence-corrected chi connectivity index (χ0v) is 71.2. The molecule has 18 aromatic rings. The molecule has 21 rings (SSSR count). The average molecular weight is 1570 g/mol. The van der Waals surface area contributed by atoms with Gasteiger partial charge in [0, 0.05) is 72.5 Å². The molecule has 0 atom stereocenters. The second kappa shape index (κ2) is 27.9. The van der Waals surface area contributed by atoms with Gasteiger partial charge in [-0.2, -0.15) is 5.26 Å². The van der Waals surface area contributed by atoms with Crippen LogP contribution in [0.2, 0.25) is 0 Å². The maximum atomic E-state index is 10.8. The largest absolute Gasteiger partial charge is 0.310 e. The number of nitrogens with zero attached hydrogens (tertiary/aromatic N) is 6. The predicted molar refractivity (Wildman–Crippen MR) is 514 cm³/mol. The molecule has 0 fully saturated rings. The molecule has 0 saturated heterocycles. The molecule has 0 unspecified atom stereocenters. The molecule has 2 aromatic heterocycles. The van der Waals surface area contributed by atoms with E-state index in [4.69, 9.17) is 6.57 Å². The van der Waals surface area contributed by atoms with Crippen LogP contribution in [0.4, 0.5) is 39.8 Å². The number of benzene rings is 16. The number of hydrogen-bond acceptors (Lipinski definition) is 3. The van der Waals surface area contributed by atoms with Gasteiger partial charge < -0.3 is 18.9 Å². The Balaban J connectivity index is 0.998. The molecular weight excluding hydrogens is 1480 g/mol. The first kappa shape index (κ1) is 75.3. The van der Waals surface area contributed by atoms with Gasteiger partial charge in [0.1, 0.15) is 0 Å². The third-order valence-corrected chi connectivity index (χ3v) is 26.4. The fourth-order valence-corrected chi connectivity index (χ4v) is 20.3. The van der Waals surface area contributed by atoms with Crippen LogP contribution in [0.1, 0.15) is 133 Å². The van der Waals surface area contributed by atoms with Crippen LogP contribution in [0.5, 0.6) is 0 Å². The van der Waals surface area contributed by atoms with Gasteiger partial charge in [0.25, 0.3) is 6.71 Å². The molecule has 0 radical (unpaired) electrons. The molecule has 16 aromatic carbocycles. The van der Waals surface area contributed by atoms with Gasteiger partial charge in [0.2, 0.25) is 0 Å². The molecule has 586 valence electrons. The van der Waals surface area contributed by atoms with Crippen LogP contribution in [0, 0.1) is 17.9 Å². The van der Waals surface area contributed by atoms with E-state index in [1.54, 1.807) is 0 Å². The summed E-state index contributed by atoms with van der Waals surface area (Å²) in [6, 6.07) is 134. The van der Waals surface area contributed by atoms with Crippen molar-refractivity contribution in [1.29, 1.82) is 5.26 Å². The maximum Gasteiger partial charge on any atom is 0.252 e. The lowest BCUT2D eigenvalue weighted by atomic mass is 9.33. The second-order valence-electron chi connectivity index (χ2n) is 37.8. The summed E-state index contributed by atoms with van der Waals surface area (Å²) in [5.74, 6) is 0. The van der Waals surface area contributed by atoms with Crippen LogP contribution >= 0.6 is 0 Å². The summed E-state index contributed by atoms with van der Waals surface area (Å²) in [6.07, 6.45) is 0. The summed E-state index contributed by atoms with van der Waals surface area (Å²) < 4.78 is 4.92. The molecule has 2 aliphatic heterocycles. The average Bonchev–Trinajstić information content (AvgIpc) is 1.17. The number of aromatic nitrogens is 2. The Morgan fingerprint density at radius 1 is 0.311 bits per heavy atom. The summed E-state index contributed by atoms with van der Waals surface area (Å²) in [5.41, 5.74) is 36.2. The number of rotatable bonds is 10. The van der Waals surface area contributed by atoms with Crippen molar-refractivity contribution in [2.75, 3.05) is 9.80 Å². The van der Waals surface area contributed by atoms with E-state index >= 15 is 0 Å². The van der Waals surface area contributed by atoms with Gasteiger partial charge in [-0.05, 0) is 237 Å². The molecule has 122 heavy (non-hydrogen) atoms. The summed E-state index contributed by atoms with van der Waals surface area (Å²) in [6.45, 7) is 35.9. The van der Waals surface area contributed by atoms with Crippen LogP contribution in [-0.2, 0) is 27.1 Å². The highest BCUT2D eigenvalue weighted by Crippen LogP contribution is 2.61. The molecular formula is C115H93BN6. The maximum absolute atomic E-state index is 10.8. The van der Waals surface area contributed by atoms with Gasteiger partial charge in [-0.25, -0.2) is 4.85 Å². The molecule has 0 spiro atoms. The van der Waals surface area contributed by atoms with Crippen molar-refractivity contribution in [1.82, 2.24) is 9.13 Å². The van der Waals surface area contributed by atoms with Crippen LogP contribution in [0.3, 0.4) is 0 Å².